The lowest BCUT2D eigenvalue weighted by Gasteiger charge is -2.24. The van der Waals surface area contributed by atoms with E-state index in [-0.39, 0.29) is 25.7 Å². The van der Waals surface area contributed by atoms with Crippen LogP contribution in [-0.4, -0.2) is 94.0 Å². The molecule has 0 bridgehead atoms. The minimum atomic E-state index is -1.57. The van der Waals surface area contributed by atoms with Gasteiger partial charge in [-0.1, -0.05) is 0 Å². The van der Waals surface area contributed by atoms with Gasteiger partial charge < -0.3 is 37.6 Å². The summed E-state index contributed by atoms with van der Waals surface area (Å²) >= 11 is 2.76. The zero-order valence-corrected chi connectivity index (χ0v) is 20.7. The summed E-state index contributed by atoms with van der Waals surface area (Å²) in [5.74, 6) is -4.97. The highest BCUT2D eigenvalue weighted by molar-refractivity contribution is 7.98. The molecule has 0 fully saturated rings. The molecule has 0 aliphatic heterocycles. The fourth-order valence-electron chi connectivity index (χ4n) is 2.63. The van der Waals surface area contributed by atoms with Gasteiger partial charge in [0.1, 0.15) is 18.1 Å². The molecule has 0 spiro atoms. The lowest BCUT2D eigenvalue weighted by atomic mass is 10.1. The van der Waals surface area contributed by atoms with Gasteiger partial charge in [0.25, 0.3) is 0 Å². The number of nitrogens with one attached hydrogen (secondary N) is 3. The molecule has 4 atom stereocenters. The number of thioether (sulfide) groups is 2. The molecule has 13 nitrogen and oxygen atoms in total. The summed E-state index contributed by atoms with van der Waals surface area (Å²) in [4.78, 5) is 71.3. The quantitative estimate of drug-likeness (QED) is 0.105. The lowest BCUT2D eigenvalue weighted by Crippen LogP contribution is -2.57. The Hall–Kier alpha value is -2.52. The van der Waals surface area contributed by atoms with Crippen LogP contribution in [0.3, 0.4) is 0 Å². The molecule has 9 N–H and O–H groups in total. The largest absolute Gasteiger partial charge is 0.481 e. The van der Waals surface area contributed by atoms with Gasteiger partial charge in [-0.05, 0) is 43.3 Å². The number of amides is 4. The third kappa shape index (κ3) is 13.3. The Morgan fingerprint density at radius 3 is 1.71 bits per heavy atom. The van der Waals surface area contributed by atoms with E-state index in [9.17, 15) is 33.9 Å². The molecule has 194 valence electrons. The fraction of sp³-hybridized carbons (Fsp3) is 0.684. The van der Waals surface area contributed by atoms with E-state index < -0.39 is 66.2 Å². The van der Waals surface area contributed by atoms with Crippen molar-refractivity contribution in [2.24, 2.45) is 11.5 Å². The Balaban J connectivity index is 5.42. The molecule has 4 unspecified atom stereocenters. The Bertz CT molecular complexity index is 739. The maximum atomic E-state index is 12.8. The van der Waals surface area contributed by atoms with Gasteiger partial charge in [0.15, 0.2) is 0 Å². The summed E-state index contributed by atoms with van der Waals surface area (Å²) in [6.45, 7) is 0. The monoisotopic (exact) mass is 523 g/mol. The summed E-state index contributed by atoms with van der Waals surface area (Å²) < 4.78 is 0. The van der Waals surface area contributed by atoms with Crippen LogP contribution in [0, 0.1) is 0 Å². The van der Waals surface area contributed by atoms with Crippen LogP contribution in [0.5, 0.6) is 0 Å². The molecule has 4 amide bonds. The first kappa shape index (κ1) is 31.5. The molecular weight excluding hydrogens is 490 g/mol. The molecule has 34 heavy (non-hydrogen) atoms. The molecule has 0 saturated carbocycles. The van der Waals surface area contributed by atoms with E-state index in [0.29, 0.717) is 11.5 Å². The topological polar surface area (TPSA) is 231 Å². The van der Waals surface area contributed by atoms with Crippen molar-refractivity contribution in [2.45, 2.75) is 56.3 Å². The molecule has 0 aromatic carbocycles. The molecule has 0 heterocycles. The highest BCUT2D eigenvalue weighted by atomic mass is 32.2. The predicted octanol–water partition coefficient (Wildman–Crippen LogP) is -1.90. The highest BCUT2D eigenvalue weighted by Gasteiger charge is 2.31. The Morgan fingerprint density at radius 2 is 1.24 bits per heavy atom. The summed E-state index contributed by atoms with van der Waals surface area (Å²) in [5, 5.41) is 25.4. The first-order chi connectivity index (χ1) is 15.9. The van der Waals surface area contributed by atoms with E-state index in [2.05, 4.69) is 16.0 Å². The molecular formula is C19H33N5O8S2. The van der Waals surface area contributed by atoms with E-state index in [0.717, 1.165) is 0 Å². The number of aliphatic carboxylic acids is 2. The van der Waals surface area contributed by atoms with Gasteiger partial charge in [0, 0.05) is 6.42 Å². The van der Waals surface area contributed by atoms with Gasteiger partial charge in [0.2, 0.25) is 23.6 Å². The molecule has 0 aromatic heterocycles. The van der Waals surface area contributed by atoms with Crippen molar-refractivity contribution in [3.63, 3.8) is 0 Å². The van der Waals surface area contributed by atoms with Crippen LogP contribution in [0.15, 0.2) is 0 Å². The fourth-order valence-corrected chi connectivity index (χ4v) is 3.58. The second kappa shape index (κ2) is 17.0. The van der Waals surface area contributed by atoms with E-state index in [4.69, 9.17) is 16.6 Å². The molecule has 0 rings (SSSR count). The van der Waals surface area contributed by atoms with Crippen LogP contribution in [-0.2, 0) is 28.8 Å². The van der Waals surface area contributed by atoms with Gasteiger partial charge in [-0.3, -0.25) is 24.0 Å². The number of rotatable bonds is 18. The average Bonchev–Trinajstić information content (AvgIpc) is 2.76. The van der Waals surface area contributed by atoms with Crippen LogP contribution in [0.4, 0.5) is 0 Å². The maximum absolute atomic E-state index is 12.8. The number of carboxylic acids is 2. The van der Waals surface area contributed by atoms with E-state index in [1.807, 2.05) is 0 Å². The summed E-state index contributed by atoms with van der Waals surface area (Å²) in [6.07, 6.45) is 2.83. The zero-order valence-electron chi connectivity index (χ0n) is 19.1. The number of carbonyl (C=O) groups is 6. The zero-order chi connectivity index (χ0) is 26.3. The second-order valence-corrected chi connectivity index (χ2v) is 9.27. The predicted molar refractivity (Wildman–Crippen MR) is 128 cm³/mol. The normalized spacial score (nSPS) is 14.2. The number of primary amides is 1. The van der Waals surface area contributed by atoms with E-state index in [1.54, 1.807) is 12.5 Å². The van der Waals surface area contributed by atoms with Crippen molar-refractivity contribution in [3.05, 3.63) is 0 Å². The van der Waals surface area contributed by atoms with Gasteiger partial charge in [-0.2, -0.15) is 23.5 Å². The number of hydrogen-bond donors (Lipinski definition) is 7. The van der Waals surface area contributed by atoms with Crippen molar-refractivity contribution < 1.29 is 39.0 Å². The van der Waals surface area contributed by atoms with Gasteiger partial charge >= 0.3 is 11.9 Å². The maximum Gasteiger partial charge on any atom is 0.326 e. The number of carbonyl (C=O) groups excluding carboxylic acids is 4. The van der Waals surface area contributed by atoms with Gasteiger partial charge in [-0.25, -0.2) is 4.79 Å². The van der Waals surface area contributed by atoms with Crippen molar-refractivity contribution in [3.8, 4) is 0 Å². The molecule has 0 radical (unpaired) electrons. The van der Waals surface area contributed by atoms with E-state index >= 15 is 0 Å². The van der Waals surface area contributed by atoms with E-state index in [1.165, 1.54) is 23.5 Å². The Kier molecular flexibility index (Phi) is 15.7. The SMILES string of the molecule is CSCCC(NC(=O)C(CC(=O)O)NC(=O)C(CCSC)NC(=O)C(N)CCC(N)=O)C(=O)O. The minimum absolute atomic E-state index is 0.0330. The first-order valence-corrected chi connectivity index (χ1v) is 13.1. The number of hydrogen-bond acceptors (Lipinski definition) is 9. The Labute approximate surface area is 205 Å². The standard InChI is InChI=1S/C19H33N5O8S2/c1-33-7-5-11(22-16(28)10(20)3-4-14(21)25)17(29)24-13(9-15(26)27)18(30)23-12(19(31)32)6-8-34-2/h10-13H,3-9,20H2,1-2H3,(H2,21,25)(H,22,28)(H,23,30)(H,24,29)(H,26,27)(H,31,32). The van der Waals surface area contributed by atoms with Crippen molar-refractivity contribution in [2.75, 3.05) is 24.0 Å². The summed E-state index contributed by atoms with van der Waals surface area (Å²) in [5.41, 5.74) is 10.8. The average molecular weight is 524 g/mol. The lowest BCUT2D eigenvalue weighted by molar-refractivity contribution is -0.143. The highest BCUT2D eigenvalue weighted by Crippen LogP contribution is 2.06. The third-order valence-corrected chi connectivity index (χ3v) is 5.81. The third-order valence-electron chi connectivity index (χ3n) is 4.52. The molecule has 0 aliphatic carbocycles. The second-order valence-electron chi connectivity index (χ2n) is 7.29. The molecule has 0 aromatic rings. The summed E-state index contributed by atoms with van der Waals surface area (Å²) in [6, 6.07) is -5.08. The van der Waals surface area contributed by atoms with Crippen molar-refractivity contribution in [1.29, 1.82) is 0 Å². The van der Waals surface area contributed by atoms with Crippen LogP contribution < -0.4 is 27.4 Å². The van der Waals surface area contributed by atoms with Crippen LogP contribution >= 0.6 is 23.5 Å². The van der Waals surface area contributed by atoms with Crippen molar-refractivity contribution in [1.82, 2.24) is 16.0 Å². The molecule has 0 saturated heterocycles. The van der Waals surface area contributed by atoms with Gasteiger partial charge in [-0.15, -0.1) is 0 Å². The van der Waals surface area contributed by atoms with Crippen molar-refractivity contribution >= 4 is 59.1 Å². The van der Waals surface area contributed by atoms with Crippen LogP contribution in [0.2, 0.25) is 0 Å². The van der Waals surface area contributed by atoms with Gasteiger partial charge in [0.05, 0.1) is 12.5 Å². The van der Waals surface area contributed by atoms with Crippen LogP contribution in [0.25, 0.3) is 0 Å². The number of nitrogens with two attached hydrogens (primary N) is 2. The first-order valence-electron chi connectivity index (χ1n) is 10.3. The smallest absolute Gasteiger partial charge is 0.326 e. The molecule has 0 aliphatic rings. The molecule has 15 heteroatoms. The summed E-state index contributed by atoms with van der Waals surface area (Å²) in [7, 11) is 0. The minimum Gasteiger partial charge on any atom is -0.481 e. The number of carboxylic acid groups (broad SMARTS) is 2. The Morgan fingerprint density at radius 1 is 0.765 bits per heavy atom. The van der Waals surface area contributed by atoms with Crippen LogP contribution in [0.1, 0.15) is 32.1 Å².